The predicted octanol–water partition coefficient (Wildman–Crippen LogP) is 2.50. The number of hydrogen-bond acceptors (Lipinski definition) is 2. The van der Waals surface area contributed by atoms with E-state index in [4.69, 9.17) is 0 Å². The Morgan fingerprint density at radius 3 is 2.78 bits per heavy atom. The summed E-state index contributed by atoms with van der Waals surface area (Å²) in [6.07, 6.45) is 9.52. The molecule has 0 aromatic carbocycles. The zero-order valence-corrected chi connectivity index (χ0v) is 12.4. The van der Waals surface area contributed by atoms with Gasteiger partial charge in [0.05, 0.1) is 12.5 Å². The van der Waals surface area contributed by atoms with Gasteiger partial charge in [0, 0.05) is 18.9 Å². The molecule has 0 bridgehead atoms. The van der Waals surface area contributed by atoms with Crippen molar-refractivity contribution in [1.29, 1.82) is 0 Å². The number of nitrogens with one attached hydrogen (secondary N) is 1. The van der Waals surface area contributed by atoms with E-state index < -0.39 is 0 Å². The second-order valence-electron chi connectivity index (χ2n) is 5.27. The highest BCUT2D eigenvalue weighted by Gasteiger charge is 2.31. The summed E-state index contributed by atoms with van der Waals surface area (Å²) in [5, 5.41) is 4.02. The Morgan fingerprint density at radius 1 is 1.50 bits per heavy atom. The highest BCUT2D eigenvalue weighted by molar-refractivity contribution is 9.09. The highest BCUT2D eigenvalue weighted by Crippen LogP contribution is 2.37. The van der Waals surface area contributed by atoms with E-state index in [0.717, 1.165) is 11.9 Å². The maximum atomic E-state index is 12.0. The first kappa shape index (κ1) is 13.6. The first-order chi connectivity index (χ1) is 8.67. The van der Waals surface area contributed by atoms with E-state index in [1.165, 1.54) is 32.1 Å². The van der Waals surface area contributed by atoms with Crippen LogP contribution in [0.25, 0.3) is 0 Å². The molecule has 0 saturated heterocycles. The lowest BCUT2D eigenvalue weighted by Gasteiger charge is -2.35. The van der Waals surface area contributed by atoms with Crippen LogP contribution in [0.1, 0.15) is 42.6 Å². The van der Waals surface area contributed by atoms with Crippen LogP contribution >= 0.6 is 15.9 Å². The van der Waals surface area contributed by atoms with Gasteiger partial charge in [0.25, 0.3) is 5.91 Å². The lowest BCUT2D eigenvalue weighted by molar-refractivity contribution is 0.0914. The van der Waals surface area contributed by atoms with E-state index in [0.29, 0.717) is 5.69 Å². The number of rotatable bonds is 4. The van der Waals surface area contributed by atoms with Crippen molar-refractivity contribution in [2.45, 2.75) is 32.1 Å². The molecule has 0 radical (unpaired) electrons. The fraction of sp³-hybridized carbons (Fsp3) is 0.692. The number of halogens is 1. The molecular formula is C13H20BrN3O. The molecule has 1 aromatic rings. The van der Waals surface area contributed by atoms with Crippen LogP contribution in [-0.2, 0) is 7.05 Å². The Morgan fingerprint density at radius 2 is 2.22 bits per heavy atom. The third-order valence-corrected chi connectivity index (χ3v) is 5.06. The van der Waals surface area contributed by atoms with Crippen LogP contribution in [0.15, 0.2) is 12.5 Å². The summed E-state index contributed by atoms with van der Waals surface area (Å²) < 4.78 is 1.75. The van der Waals surface area contributed by atoms with Crippen molar-refractivity contribution >= 4 is 21.8 Å². The topological polar surface area (TPSA) is 46.9 Å². The largest absolute Gasteiger partial charge is 0.350 e. The number of aryl methyl sites for hydroxylation is 1. The molecule has 1 aliphatic rings. The van der Waals surface area contributed by atoms with Gasteiger partial charge in [-0.3, -0.25) is 4.79 Å². The summed E-state index contributed by atoms with van der Waals surface area (Å²) in [5.41, 5.74) is 0.863. The van der Waals surface area contributed by atoms with E-state index in [-0.39, 0.29) is 11.3 Å². The zero-order valence-electron chi connectivity index (χ0n) is 10.8. The molecule has 0 atom stereocenters. The number of aromatic nitrogens is 2. The molecule has 5 heteroatoms. The standard InChI is InChI=1S/C13H20BrN3O/c1-17-10-15-7-11(17)12(18)16-9-13(8-14)5-3-2-4-6-13/h7,10H,2-6,8-9H2,1H3,(H,16,18). The normalized spacial score (nSPS) is 18.6. The lowest BCUT2D eigenvalue weighted by Crippen LogP contribution is -2.40. The second-order valence-corrected chi connectivity index (χ2v) is 5.83. The van der Waals surface area contributed by atoms with E-state index >= 15 is 0 Å². The van der Waals surface area contributed by atoms with Gasteiger partial charge in [-0.15, -0.1) is 0 Å². The molecule has 1 N–H and O–H groups in total. The number of amides is 1. The molecule has 100 valence electrons. The predicted molar refractivity (Wildman–Crippen MR) is 74.9 cm³/mol. The van der Waals surface area contributed by atoms with Gasteiger partial charge in [-0.2, -0.15) is 0 Å². The smallest absolute Gasteiger partial charge is 0.269 e. The quantitative estimate of drug-likeness (QED) is 0.868. The highest BCUT2D eigenvalue weighted by atomic mass is 79.9. The maximum absolute atomic E-state index is 12.0. The molecule has 2 rings (SSSR count). The first-order valence-corrected chi connectivity index (χ1v) is 7.59. The third-order valence-electron chi connectivity index (χ3n) is 3.87. The van der Waals surface area contributed by atoms with Crippen molar-refractivity contribution in [3.63, 3.8) is 0 Å². The van der Waals surface area contributed by atoms with Crippen molar-refractivity contribution in [2.24, 2.45) is 12.5 Å². The second kappa shape index (κ2) is 5.87. The summed E-state index contributed by atoms with van der Waals surface area (Å²) in [6, 6.07) is 0. The molecule has 1 amide bonds. The SMILES string of the molecule is Cn1cncc1C(=O)NCC1(CBr)CCCCC1. The third kappa shape index (κ3) is 2.94. The van der Waals surface area contributed by atoms with Crippen molar-refractivity contribution < 1.29 is 4.79 Å². The van der Waals surface area contributed by atoms with Crippen molar-refractivity contribution in [3.05, 3.63) is 18.2 Å². The van der Waals surface area contributed by atoms with Gasteiger partial charge in [-0.1, -0.05) is 35.2 Å². The minimum Gasteiger partial charge on any atom is -0.350 e. The van der Waals surface area contributed by atoms with Gasteiger partial charge >= 0.3 is 0 Å². The van der Waals surface area contributed by atoms with Crippen molar-refractivity contribution in [3.8, 4) is 0 Å². The van der Waals surface area contributed by atoms with Crippen molar-refractivity contribution in [1.82, 2.24) is 14.9 Å². The molecule has 1 aliphatic carbocycles. The number of alkyl halides is 1. The Labute approximate surface area is 116 Å². The van der Waals surface area contributed by atoms with E-state index in [1.54, 1.807) is 17.1 Å². The van der Waals surface area contributed by atoms with Crippen LogP contribution in [-0.4, -0.2) is 27.3 Å². The average molecular weight is 314 g/mol. The molecule has 1 heterocycles. The maximum Gasteiger partial charge on any atom is 0.269 e. The molecule has 1 aromatic heterocycles. The molecule has 0 spiro atoms. The van der Waals surface area contributed by atoms with E-state index in [1.807, 2.05) is 7.05 Å². The van der Waals surface area contributed by atoms with Gasteiger partial charge in [-0.05, 0) is 18.3 Å². The minimum atomic E-state index is -0.0269. The summed E-state index contributed by atoms with van der Waals surface area (Å²) in [5.74, 6) is -0.0269. The molecule has 1 fully saturated rings. The van der Waals surface area contributed by atoms with Crippen LogP contribution in [0, 0.1) is 5.41 Å². The molecular weight excluding hydrogens is 294 g/mol. The number of hydrogen-bond donors (Lipinski definition) is 1. The van der Waals surface area contributed by atoms with Crippen molar-refractivity contribution in [2.75, 3.05) is 11.9 Å². The van der Waals surface area contributed by atoms with E-state index in [9.17, 15) is 4.79 Å². The van der Waals surface area contributed by atoms with Crippen LogP contribution in [0.3, 0.4) is 0 Å². The van der Waals surface area contributed by atoms with Crippen LogP contribution in [0.2, 0.25) is 0 Å². The van der Waals surface area contributed by atoms with E-state index in [2.05, 4.69) is 26.2 Å². The zero-order chi connectivity index (χ0) is 13.0. The van der Waals surface area contributed by atoms with Gasteiger partial charge < -0.3 is 9.88 Å². The Hall–Kier alpha value is -0.840. The molecule has 4 nitrogen and oxygen atoms in total. The fourth-order valence-electron chi connectivity index (χ4n) is 2.59. The fourth-order valence-corrected chi connectivity index (χ4v) is 3.35. The molecule has 18 heavy (non-hydrogen) atoms. The van der Waals surface area contributed by atoms with Gasteiger partial charge in [-0.25, -0.2) is 4.98 Å². The summed E-state index contributed by atoms with van der Waals surface area (Å²) in [6.45, 7) is 0.752. The van der Waals surface area contributed by atoms with Gasteiger partial charge in [0.2, 0.25) is 0 Å². The molecule has 1 saturated carbocycles. The summed E-state index contributed by atoms with van der Waals surface area (Å²) >= 11 is 3.61. The minimum absolute atomic E-state index is 0.0269. The van der Waals surface area contributed by atoms with Gasteiger partial charge in [0.1, 0.15) is 5.69 Å². The number of carbonyl (C=O) groups is 1. The number of nitrogens with zero attached hydrogens (tertiary/aromatic N) is 2. The summed E-state index contributed by atoms with van der Waals surface area (Å²) in [7, 11) is 1.84. The van der Waals surface area contributed by atoms with Crippen LogP contribution in [0.4, 0.5) is 0 Å². The Kier molecular flexibility index (Phi) is 4.43. The van der Waals surface area contributed by atoms with Gasteiger partial charge in [0.15, 0.2) is 0 Å². The molecule has 0 unspecified atom stereocenters. The first-order valence-electron chi connectivity index (χ1n) is 6.47. The van der Waals surface area contributed by atoms with Crippen LogP contribution < -0.4 is 5.32 Å². The monoisotopic (exact) mass is 313 g/mol. The molecule has 0 aliphatic heterocycles. The average Bonchev–Trinajstić information content (AvgIpc) is 2.83. The van der Waals surface area contributed by atoms with Crippen LogP contribution in [0.5, 0.6) is 0 Å². The Balaban J connectivity index is 1.94. The lowest BCUT2D eigenvalue weighted by atomic mass is 9.75. The summed E-state index contributed by atoms with van der Waals surface area (Å²) in [4.78, 5) is 16.0. The number of carbonyl (C=O) groups excluding carboxylic acids is 1. The number of imidazole rings is 1. The Bertz CT molecular complexity index is 410.